The third-order valence-corrected chi connectivity index (χ3v) is 5.19. The van der Waals surface area contributed by atoms with Crippen LogP contribution in [-0.2, 0) is 22.0 Å². The summed E-state index contributed by atoms with van der Waals surface area (Å²) in [5.74, 6) is 0.496. The number of allylic oxidation sites excluding steroid dienone is 5. The van der Waals surface area contributed by atoms with E-state index in [2.05, 4.69) is 86.2 Å². The van der Waals surface area contributed by atoms with E-state index in [9.17, 15) is 4.79 Å². The second-order valence-electron chi connectivity index (χ2n) is 9.82. The smallest absolute Gasteiger partial charge is 0.149 e. The van der Waals surface area contributed by atoms with Gasteiger partial charge in [-0.15, -0.1) is 0 Å². The summed E-state index contributed by atoms with van der Waals surface area (Å²) in [7, 11) is 0. The molecule has 1 unspecified atom stereocenters. The lowest BCUT2D eigenvalue weighted by molar-refractivity contribution is -0.104. The van der Waals surface area contributed by atoms with Crippen molar-refractivity contribution in [3.8, 4) is 0 Å². The van der Waals surface area contributed by atoms with Crippen molar-refractivity contribution in [1.29, 1.82) is 0 Å². The maximum Gasteiger partial charge on any atom is 0.149 e. The lowest BCUT2D eigenvalue weighted by Crippen LogP contribution is -2.17. The molecule has 0 aliphatic heterocycles. The van der Waals surface area contributed by atoms with E-state index in [1.54, 1.807) is 6.08 Å². The first-order chi connectivity index (χ1) is 12.3. The average Bonchev–Trinajstić information content (AvgIpc) is 2.57. The maximum absolute atomic E-state index is 10.6. The van der Waals surface area contributed by atoms with E-state index in [0.29, 0.717) is 11.5 Å². The van der Waals surface area contributed by atoms with Crippen molar-refractivity contribution in [3.63, 3.8) is 0 Å². The molecular weight excluding hydrogens is 328 g/mol. The third kappa shape index (κ3) is 7.71. The SMILES string of the molecule is C=C(C=O)/C=C\C=C(/C)C(C)CCc1cc(C(C)(C)C)cc(C(C)(C)C)c1. The molecule has 0 bridgehead atoms. The fourth-order valence-corrected chi connectivity index (χ4v) is 2.84. The number of hydrogen-bond donors (Lipinski definition) is 0. The van der Waals surface area contributed by atoms with E-state index in [1.165, 1.54) is 22.3 Å². The summed E-state index contributed by atoms with van der Waals surface area (Å²) < 4.78 is 0. The van der Waals surface area contributed by atoms with Gasteiger partial charge in [0.1, 0.15) is 6.29 Å². The van der Waals surface area contributed by atoms with Gasteiger partial charge in [0.25, 0.3) is 0 Å². The molecule has 0 saturated carbocycles. The Hall–Kier alpha value is -1.89. The number of rotatable bonds is 7. The van der Waals surface area contributed by atoms with Crippen molar-refractivity contribution in [1.82, 2.24) is 0 Å². The summed E-state index contributed by atoms with van der Waals surface area (Å²) in [6.45, 7) is 21.8. The number of carbonyl (C=O) groups is 1. The molecule has 1 nitrogen and oxygen atoms in total. The summed E-state index contributed by atoms with van der Waals surface area (Å²) >= 11 is 0. The molecule has 0 radical (unpaired) electrons. The average molecular weight is 367 g/mol. The number of aldehydes is 1. The van der Waals surface area contributed by atoms with Gasteiger partial charge in [0.15, 0.2) is 0 Å². The molecule has 0 aromatic heterocycles. The fraction of sp³-hybridized carbons (Fsp3) is 0.500. The Morgan fingerprint density at radius 3 is 2.00 bits per heavy atom. The summed E-state index contributed by atoms with van der Waals surface area (Å²) in [4.78, 5) is 10.6. The molecular formula is C26H38O. The first-order valence-electron chi connectivity index (χ1n) is 9.98. The van der Waals surface area contributed by atoms with Gasteiger partial charge < -0.3 is 0 Å². The van der Waals surface area contributed by atoms with Crippen LogP contribution in [0.3, 0.4) is 0 Å². The van der Waals surface area contributed by atoms with Gasteiger partial charge in [0.2, 0.25) is 0 Å². The summed E-state index contributed by atoms with van der Waals surface area (Å²) in [6.07, 6.45) is 8.72. The summed E-state index contributed by atoms with van der Waals surface area (Å²) in [5.41, 5.74) is 6.40. The molecule has 1 aromatic rings. The van der Waals surface area contributed by atoms with E-state index in [0.717, 1.165) is 19.1 Å². The van der Waals surface area contributed by atoms with Crippen LogP contribution in [0.15, 0.2) is 54.2 Å². The Labute approximate surface area is 167 Å². The normalized spacial score (nSPS) is 14.4. The molecule has 0 heterocycles. The zero-order valence-corrected chi connectivity index (χ0v) is 18.6. The fourth-order valence-electron chi connectivity index (χ4n) is 2.84. The highest BCUT2D eigenvalue weighted by Gasteiger charge is 2.20. The Kier molecular flexibility index (Phi) is 8.02. The standard InChI is InChI=1S/C26H38O/c1-19(18-27)11-10-12-20(2)21(3)13-14-22-15-23(25(4,5)6)17-24(16-22)26(7,8)9/h10-12,15-18,21H,1,13-14H2,2-9H3/b11-10-,20-12+. The minimum Gasteiger partial charge on any atom is -0.298 e. The van der Waals surface area contributed by atoms with Crippen molar-refractivity contribution in [2.24, 2.45) is 5.92 Å². The largest absolute Gasteiger partial charge is 0.298 e. The lowest BCUT2D eigenvalue weighted by Gasteiger charge is -2.26. The molecule has 0 aliphatic rings. The Morgan fingerprint density at radius 1 is 1.04 bits per heavy atom. The number of hydrogen-bond acceptors (Lipinski definition) is 1. The van der Waals surface area contributed by atoms with Crippen LogP contribution in [-0.4, -0.2) is 6.29 Å². The van der Waals surface area contributed by atoms with Gasteiger partial charge in [-0.25, -0.2) is 0 Å². The Balaban J connectivity index is 2.95. The van der Waals surface area contributed by atoms with Gasteiger partial charge >= 0.3 is 0 Å². The minimum atomic E-state index is 0.156. The monoisotopic (exact) mass is 366 g/mol. The van der Waals surface area contributed by atoms with Crippen LogP contribution in [0.5, 0.6) is 0 Å². The van der Waals surface area contributed by atoms with Crippen LogP contribution >= 0.6 is 0 Å². The summed E-state index contributed by atoms with van der Waals surface area (Å²) in [5, 5.41) is 0. The Morgan fingerprint density at radius 2 is 1.56 bits per heavy atom. The molecule has 0 saturated heterocycles. The van der Waals surface area contributed by atoms with Crippen molar-refractivity contribution < 1.29 is 4.79 Å². The Bertz CT molecular complexity index is 685. The van der Waals surface area contributed by atoms with Crippen LogP contribution in [0.25, 0.3) is 0 Å². The van der Waals surface area contributed by atoms with Crippen molar-refractivity contribution in [2.75, 3.05) is 0 Å². The second kappa shape index (κ2) is 9.35. The molecule has 0 amide bonds. The van der Waals surface area contributed by atoms with Crippen LogP contribution in [0, 0.1) is 5.92 Å². The van der Waals surface area contributed by atoms with Crippen LogP contribution < -0.4 is 0 Å². The molecule has 1 aromatic carbocycles. The van der Waals surface area contributed by atoms with Crippen molar-refractivity contribution in [3.05, 3.63) is 70.8 Å². The van der Waals surface area contributed by atoms with E-state index in [1.807, 2.05) is 6.08 Å². The first-order valence-corrected chi connectivity index (χ1v) is 9.98. The van der Waals surface area contributed by atoms with Crippen LogP contribution in [0.2, 0.25) is 0 Å². The van der Waals surface area contributed by atoms with Gasteiger partial charge in [-0.2, -0.15) is 0 Å². The van der Waals surface area contributed by atoms with E-state index < -0.39 is 0 Å². The molecule has 0 spiro atoms. The quantitative estimate of drug-likeness (QED) is 0.285. The zero-order valence-electron chi connectivity index (χ0n) is 18.6. The van der Waals surface area contributed by atoms with Gasteiger partial charge in [0, 0.05) is 5.57 Å². The predicted molar refractivity (Wildman–Crippen MR) is 119 cm³/mol. The molecule has 1 rings (SSSR count). The second-order valence-corrected chi connectivity index (χ2v) is 9.82. The molecule has 148 valence electrons. The van der Waals surface area contributed by atoms with Gasteiger partial charge in [0.05, 0.1) is 0 Å². The molecule has 1 heteroatoms. The van der Waals surface area contributed by atoms with Gasteiger partial charge in [-0.3, -0.25) is 4.79 Å². The van der Waals surface area contributed by atoms with Crippen LogP contribution in [0.4, 0.5) is 0 Å². The topological polar surface area (TPSA) is 17.1 Å². The number of carbonyl (C=O) groups excluding carboxylic acids is 1. The minimum absolute atomic E-state index is 0.156. The number of benzene rings is 1. The molecule has 0 fully saturated rings. The molecule has 1 atom stereocenters. The predicted octanol–water partition coefficient (Wildman–Crippen LogP) is 7.11. The van der Waals surface area contributed by atoms with Crippen LogP contribution in [0.1, 0.15) is 78.5 Å². The van der Waals surface area contributed by atoms with Gasteiger partial charge in [-0.05, 0) is 53.2 Å². The number of aryl methyl sites for hydroxylation is 1. The van der Waals surface area contributed by atoms with Gasteiger partial charge in [-0.1, -0.05) is 97.0 Å². The zero-order chi connectivity index (χ0) is 20.8. The molecule has 0 aliphatic carbocycles. The van der Waals surface area contributed by atoms with Crippen molar-refractivity contribution in [2.45, 2.75) is 79.1 Å². The molecule has 27 heavy (non-hydrogen) atoms. The highest BCUT2D eigenvalue weighted by atomic mass is 16.1. The third-order valence-electron chi connectivity index (χ3n) is 5.19. The maximum atomic E-state index is 10.6. The van der Waals surface area contributed by atoms with E-state index in [4.69, 9.17) is 0 Å². The van der Waals surface area contributed by atoms with E-state index >= 15 is 0 Å². The first kappa shape index (κ1) is 23.1. The highest BCUT2D eigenvalue weighted by molar-refractivity contribution is 5.76. The van der Waals surface area contributed by atoms with Crippen molar-refractivity contribution >= 4 is 6.29 Å². The highest BCUT2D eigenvalue weighted by Crippen LogP contribution is 2.31. The lowest BCUT2D eigenvalue weighted by atomic mass is 9.79. The summed E-state index contributed by atoms with van der Waals surface area (Å²) in [6, 6.07) is 7.15. The van der Waals surface area contributed by atoms with E-state index in [-0.39, 0.29) is 10.8 Å². The molecule has 0 N–H and O–H groups in total.